The third-order valence-electron chi connectivity index (χ3n) is 3.06. The normalized spacial score (nSPS) is 24.1. The van der Waals surface area contributed by atoms with Crippen LogP contribution in [0.3, 0.4) is 0 Å². The number of para-hydroxylation sites is 1. The maximum absolute atomic E-state index is 11.0. The average Bonchev–Trinajstić information content (AvgIpc) is 2.19. The molecule has 0 aliphatic carbocycles. The summed E-state index contributed by atoms with van der Waals surface area (Å²) in [7, 11) is 0. The molecule has 3 heteroatoms. The van der Waals surface area contributed by atoms with Gasteiger partial charge >= 0.3 is 5.97 Å². The van der Waals surface area contributed by atoms with Crippen molar-refractivity contribution in [1.82, 2.24) is 0 Å². The van der Waals surface area contributed by atoms with Gasteiger partial charge in [-0.2, -0.15) is 0 Å². The van der Waals surface area contributed by atoms with Gasteiger partial charge in [-0.25, -0.2) is 0 Å². The number of ether oxygens (including phenoxy) is 1. The Balaban J connectivity index is 2.42. The Morgan fingerprint density at radius 2 is 2.27 bits per heavy atom. The molecule has 0 aromatic heterocycles. The summed E-state index contributed by atoms with van der Waals surface area (Å²) in [5.41, 5.74) is 2.08. The molecule has 15 heavy (non-hydrogen) atoms. The summed E-state index contributed by atoms with van der Waals surface area (Å²) in [6, 6.07) is 5.87. The molecule has 0 spiro atoms. The van der Waals surface area contributed by atoms with E-state index in [-0.39, 0.29) is 12.5 Å². The Bertz CT molecular complexity index is 398. The molecule has 0 saturated carbocycles. The van der Waals surface area contributed by atoms with E-state index in [9.17, 15) is 4.79 Å². The third kappa shape index (κ3) is 1.58. The topological polar surface area (TPSA) is 46.5 Å². The molecule has 0 radical (unpaired) electrons. The van der Waals surface area contributed by atoms with Gasteiger partial charge in [-0.3, -0.25) is 4.79 Å². The highest BCUT2D eigenvalue weighted by Crippen LogP contribution is 2.38. The van der Waals surface area contributed by atoms with Crippen LogP contribution in [0.5, 0.6) is 5.75 Å². The second kappa shape index (κ2) is 3.57. The minimum atomic E-state index is -0.783. The quantitative estimate of drug-likeness (QED) is 0.766. The van der Waals surface area contributed by atoms with Gasteiger partial charge in [0.1, 0.15) is 12.4 Å². The summed E-state index contributed by atoms with van der Waals surface area (Å²) in [6.45, 7) is 4.20. The van der Waals surface area contributed by atoms with Crippen LogP contribution in [0.4, 0.5) is 0 Å². The van der Waals surface area contributed by atoms with Gasteiger partial charge in [0.25, 0.3) is 0 Å². The molecule has 1 N–H and O–H groups in total. The second-order valence-corrected chi connectivity index (χ2v) is 4.04. The van der Waals surface area contributed by atoms with E-state index in [0.717, 1.165) is 16.9 Å². The van der Waals surface area contributed by atoms with Crippen LogP contribution >= 0.6 is 0 Å². The molecule has 3 nitrogen and oxygen atoms in total. The maximum atomic E-state index is 11.0. The van der Waals surface area contributed by atoms with Crippen molar-refractivity contribution >= 4 is 5.97 Å². The first-order valence-electron chi connectivity index (χ1n) is 5.06. The molecule has 80 valence electrons. The first kappa shape index (κ1) is 10.0. The number of aliphatic carboxylic acids is 1. The van der Waals surface area contributed by atoms with Crippen molar-refractivity contribution in [3.8, 4) is 5.75 Å². The zero-order chi connectivity index (χ0) is 11.0. The Morgan fingerprint density at radius 3 is 2.93 bits per heavy atom. The maximum Gasteiger partial charge on any atom is 0.310 e. The van der Waals surface area contributed by atoms with Gasteiger partial charge in [-0.05, 0) is 18.1 Å². The monoisotopic (exact) mass is 206 g/mol. The Labute approximate surface area is 88.7 Å². The van der Waals surface area contributed by atoms with Gasteiger partial charge in [0.2, 0.25) is 0 Å². The zero-order valence-corrected chi connectivity index (χ0v) is 8.86. The van der Waals surface area contributed by atoms with Gasteiger partial charge in [0, 0.05) is 5.92 Å². The molecular formula is C12H14O3. The molecule has 2 rings (SSSR count). The molecule has 1 aliphatic rings. The lowest BCUT2D eigenvalue weighted by molar-refractivity contribution is -0.144. The lowest BCUT2D eigenvalue weighted by Crippen LogP contribution is -2.31. The lowest BCUT2D eigenvalue weighted by atomic mass is 9.85. The van der Waals surface area contributed by atoms with E-state index in [1.54, 1.807) is 0 Å². The fraction of sp³-hybridized carbons (Fsp3) is 0.417. The molecule has 1 heterocycles. The van der Waals surface area contributed by atoms with E-state index in [4.69, 9.17) is 9.84 Å². The Morgan fingerprint density at radius 1 is 1.53 bits per heavy atom. The van der Waals surface area contributed by atoms with Gasteiger partial charge in [0.05, 0.1) is 5.92 Å². The molecule has 0 saturated heterocycles. The molecular weight excluding hydrogens is 192 g/mol. The van der Waals surface area contributed by atoms with Gasteiger partial charge in [0.15, 0.2) is 0 Å². The summed E-state index contributed by atoms with van der Waals surface area (Å²) in [6.07, 6.45) is 0. The van der Waals surface area contributed by atoms with Crippen LogP contribution < -0.4 is 4.74 Å². The predicted molar refractivity (Wildman–Crippen MR) is 56.2 cm³/mol. The van der Waals surface area contributed by atoms with Crippen LogP contribution in [-0.2, 0) is 4.79 Å². The number of hydrogen-bond acceptors (Lipinski definition) is 2. The van der Waals surface area contributed by atoms with Crippen molar-refractivity contribution in [1.29, 1.82) is 0 Å². The lowest BCUT2D eigenvalue weighted by Gasteiger charge is -2.29. The molecule has 1 aromatic rings. The summed E-state index contributed by atoms with van der Waals surface area (Å²) < 4.78 is 5.52. The highest BCUT2D eigenvalue weighted by Gasteiger charge is 2.33. The van der Waals surface area contributed by atoms with E-state index in [2.05, 4.69) is 0 Å². The molecule has 1 aliphatic heterocycles. The van der Waals surface area contributed by atoms with Gasteiger partial charge < -0.3 is 9.84 Å². The van der Waals surface area contributed by atoms with E-state index in [1.807, 2.05) is 32.0 Å². The number of carboxylic acid groups (broad SMARTS) is 1. The van der Waals surface area contributed by atoms with E-state index < -0.39 is 11.9 Å². The zero-order valence-electron chi connectivity index (χ0n) is 8.86. The number of benzene rings is 1. The number of fused-ring (bicyclic) bond motifs is 1. The largest absolute Gasteiger partial charge is 0.492 e. The number of hydrogen-bond donors (Lipinski definition) is 1. The minimum Gasteiger partial charge on any atom is -0.492 e. The number of aryl methyl sites for hydroxylation is 1. The van der Waals surface area contributed by atoms with Crippen LogP contribution in [0.25, 0.3) is 0 Å². The number of carbonyl (C=O) groups is 1. The van der Waals surface area contributed by atoms with Crippen molar-refractivity contribution in [3.05, 3.63) is 29.3 Å². The van der Waals surface area contributed by atoms with E-state index in [1.165, 1.54) is 0 Å². The van der Waals surface area contributed by atoms with Crippen LogP contribution in [0, 0.1) is 12.8 Å². The highest BCUT2D eigenvalue weighted by atomic mass is 16.5. The van der Waals surface area contributed by atoms with Crippen LogP contribution in [0.1, 0.15) is 24.0 Å². The SMILES string of the molecule is Cc1cccc2c1OCC(C(=O)O)C2C. The average molecular weight is 206 g/mol. The molecule has 0 amide bonds. The van der Waals surface area contributed by atoms with Crippen molar-refractivity contribution in [2.45, 2.75) is 19.8 Å². The Hall–Kier alpha value is -1.51. The Kier molecular flexibility index (Phi) is 2.39. The summed E-state index contributed by atoms with van der Waals surface area (Å²) in [5, 5.41) is 9.02. The fourth-order valence-electron chi connectivity index (χ4n) is 2.05. The van der Waals surface area contributed by atoms with E-state index in [0.29, 0.717) is 0 Å². The van der Waals surface area contributed by atoms with Crippen molar-refractivity contribution in [3.63, 3.8) is 0 Å². The van der Waals surface area contributed by atoms with Crippen LogP contribution in [0.15, 0.2) is 18.2 Å². The summed E-state index contributed by atoms with van der Waals surface area (Å²) >= 11 is 0. The molecule has 2 unspecified atom stereocenters. The third-order valence-corrected chi connectivity index (χ3v) is 3.06. The first-order valence-corrected chi connectivity index (χ1v) is 5.06. The molecule has 1 aromatic carbocycles. The standard InChI is InChI=1S/C12H14O3/c1-7-4-3-5-9-8(2)10(12(13)14)6-15-11(7)9/h3-5,8,10H,6H2,1-2H3,(H,13,14). The summed E-state index contributed by atoms with van der Waals surface area (Å²) in [4.78, 5) is 11.0. The molecule has 2 atom stereocenters. The van der Waals surface area contributed by atoms with Crippen molar-refractivity contribution < 1.29 is 14.6 Å². The van der Waals surface area contributed by atoms with Crippen LogP contribution in [-0.4, -0.2) is 17.7 Å². The van der Waals surface area contributed by atoms with Crippen LogP contribution in [0.2, 0.25) is 0 Å². The first-order chi connectivity index (χ1) is 7.11. The molecule has 0 bridgehead atoms. The van der Waals surface area contributed by atoms with Crippen molar-refractivity contribution in [2.24, 2.45) is 5.92 Å². The van der Waals surface area contributed by atoms with E-state index >= 15 is 0 Å². The molecule has 0 fully saturated rings. The highest BCUT2D eigenvalue weighted by molar-refractivity contribution is 5.72. The van der Waals surface area contributed by atoms with Gasteiger partial charge in [-0.15, -0.1) is 0 Å². The smallest absolute Gasteiger partial charge is 0.310 e. The fourth-order valence-corrected chi connectivity index (χ4v) is 2.05. The number of rotatable bonds is 1. The predicted octanol–water partition coefficient (Wildman–Crippen LogP) is 2.19. The second-order valence-electron chi connectivity index (χ2n) is 4.04. The minimum absolute atomic E-state index is 0.0196. The van der Waals surface area contributed by atoms with Gasteiger partial charge in [-0.1, -0.05) is 25.1 Å². The summed E-state index contributed by atoms with van der Waals surface area (Å²) in [5.74, 6) is -0.331. The number of carboxylic acids is 1. The van der Waals surface area contributed by atoms with Crippen molar-refractivity contribution in [2.75, 3.05) is 6.61 Å².